The normalized spacial score (nSPS) is 37.1. The number of aliphatic hydroxyl groups excluding tert-OH is 1. The van der Waals surface area contributed by atoms with Gasteiger partial charge in [-0.05, 0) is 85.3 Å². The first kappa shape index (κ1) is 43.4. The van der Waals surface area contributed by atoms with Crippen LogP contribution in [-0.2, 0) is 38.1 Å². The minimum Gasteiger partial charge on any atom is -0.458 e. The van der Waals surface area contributed by atoms with E-state index in [4.69, 9.17) is 23.7 Å². The van der Waals surface area contributed by atoms with Crippen LogP contribution >= 0.6 is 11.3 Å². The first-order chi connectivity index (χ1) is 26.4. The molecule has 13 atom stereocenters. The number of aliphatic hydroxyl groups is 1. The van der Waals surface area contributed by atoms with E-state index < -0.39 is 83.4 Å². The zero-order valence-corrected chi connectivity index (χ0v) is 34.9. The largest absolute Gasteiger partial charge is 0.458 e. The molecule has 3 aliphatic heterocycles. The van der Waals surface area contributed by atoms with Crippen molar-refractivity contribution in [2.24, 2.45) is 23.7 Å². The number of pyridine rings is 1. The second kappa shape index (κ2) is 17.8. The Hall–Kier alpha value is -3.71. The van der Waals surface area contributed by atoms with Crippen LogP contribution in [0.25, 0.3) is 10.6 Å². The lowest BCUT2D eigenvalue weighted by atomic mass is 9.73. The molecule has 3 aliphatic rings. The number of thiophene rings is 1. The third-order valence-corrected chi connectivity index (χ3v) is 12.7. The number of esters is 1. The van der Waals surface area contributed by atoms with Crippen molar-refractivity contribution in [1.29, 1.82) is 0 Å². The summed E-state index contributed by atoms with van der Waals surface area (Å²) in [5, 5.41) is 14.4. The van der Waals surface area contributed by atoms with E-state index in [0.717, 1.165) is 15.4 Å². The van der Waals surface area contributed by atoms with Gasteiger partial charge in [0, 0.05) is 30.0 Å². The maximum atomic E-state index is 14.4. The van der Waals surface area contributed by atoms with Gasteiger partial charge in [-0.1, -0.05) is 45.6 Å². The lowest BCUT2D eigenvalue weighted by Gasteiger charge is -2.47. The Kier molecular flexibility index (Phi) is 13.8. The molecule has 0 spiro atoms. The summed E-state index contributed by atoms with van der Waals surface area (Å²) >= 11 is 1.49. The summed E-state index contributed by atoms with van der Waals surface area (Å²) in [6.07, 6.45) is -2.75. The number of amides is 1. The molecule has 0 bridgehead atoms. The van der Waals surface area contributed by atoms with Gasteiger partial charge in [0.15, 0.2) is 17.7 Å². The first-order valence-electron chi connectivity index (χ1n) is 19.5. The highest BCUT2D eigenvalue weighted by Gasteiger charge is 2.57. The Morgan fingerprint density at radius 2 is 1.77 bits per heavy atom. The molecule has 0 radical (unpaired) electrons. The van der Waals surface area contributed by atoms with Gasteiger partial charge >= 0.3 is 12.1 Å². The Morgan fingerprint density at radius 3 is 2.43 bits per heavy atom. The van der Waals surface area contributed by atoms with Gasteiger partial charge in [-0.15, -0.1) is 11.3 Å². The smallest absolute Gasteiger partial charge is 0.408 e. The van der Waals surface area contributed by atoms with Gasteiger partial charge in [0.1, 0.15) is 30.5 Å². The highest BCUT2D eigenvalue weighted by molar-refractivity contribution is 7.16. The summed E-state index contributed by atoms with van der Waals surface area (Å²) in [7, 11) is 3.73. The number of hydrogen-bond donors (Lipinski definition) is 2. The summed E-state index contributed by atoms with van der Waals surface area (Å²) in [6.45, 7) is 13.6. The molecule has 3 saturated heterocycles. The third kappa shape index (κ3) is 9.19. The summed E-state index contributed by atoms with van der Waals surface area (Å²) in [5.74, 6) is 1.04. The number of hydrogen-bond acceptors (Lipinski definition) is 13. The van der Waals surface area contributed by atoms with Crippen LogP contribution < -0.4 is 5.32 Å². The highest BCUT2D eigenvalue weighted by atomic mass is 32.1. The quantitative estimate of drug-likeness (QED) is 0.219. The van der Waals surface area contributed by atoms with Crippen LogP contribution in [0.2, 0.25) is 0 Å². The monoisotopic (exact) mass is 795 g/mol. The number of ketones is 2. The molecule has 13 nitrogen and oxygen atoms in total. The number of rotatable bonds is 7. The van der Waals surface area contributed by atoms with Crippen LogP contribution in [0.3, 0.4) is 0 Å². The molecule has 0 aliphatic carbocycles. The second-order valence-corrected chi connectivity index (χ2v) is 17.2. The van der Waals surface area contributed by atoms with Crippen molar-refractivity contribution < 1.29 is 48.0 Å². The molecule has 2 aromatic rings. The molecular formula is C42H57N3O10S. The third-order valence-electron chi connectivity index (χ3n) is 11.7. The number of carbonyl (C=O) groups excluding carboxylic acids is 4. The van der Waals surface area contributed by atoms with Gasteiger partial charge in [0.2, 0.25) is 0 Å². The lowest BCUT2D eigenvalue weighted by molar-refractivity contribution is -0.296. The molecule has 3 fully saturated rings. The summed E-state index contributed by atoms with van der Waals surface area (Å²) in [5.41, 5.74) is -1.95. The number of alkyl carbamates (subject to hydrolysis) is 1. The van der Waals surface area contributed by atoms with Gasteiger partial charge in [-0.3, -0.25) is 19.4 Å². The Bertz CT molecular complexity index is 1790. The number of cyclic esters (lactones) is 1. The van der Waals surface area contributed by atoms with Crippen molar-refractivity contribution in [2.45, 2.75) is 129 Å². The number of likely N-dealkylation sites (N-methyl/N-ethyl adjacent to an activating group) is 1. The number of carbonyl (C=O) groups is 4. The average Bonchev–Trinajstić information content (AvgIpc) is 3.77. The molecule has 0 saturated carbocycles. The Morgan fingerprint density at radius 1 is 1.04 bits per heavy atom. The number of nitrogens with one attached hydrogen (secondary N) is 1. The zero-order valence-electron chi connectivity index (χ0n) is 34.1. The van der Waals surface area contributed by atoms with Crippen molar-refractivity contribution in [1.82, 2.24) is 15.2 Å². The standard InChI is InChI=1S/C42H57N3O10S/c1-11-32-42(8)36(44-40(50)55-42)25(4)33(46)23(2)22-41(7,51-20-14-15-28-17-18-31(56-28)29-16-12-13-19-43-29)37(26(5)34(47)27(6)38(49)53-32)54-39-35(48)30(45(9)10)21-24(3)52-39/h12-13,16-19,23-27,30,32,35-37,39,48H,11,20-22H2,1-10H3,(H,44,50)/t23-,24-,25-,26+,27-,30+,32+,35-,36-,37-,39+,41?,42-/m1/s1. The van der Waals surface area contributed by atoms with Gasteiger partial charge in [0.25, 0.3) is 0 Å². The Labute approximate surface area is 334 Å². The zero-order chi connectivity index (χ0) is 41.1. The van der Waals surface area contributed by atoms with E-state index in [2.05, 4.69) is 22.1 Å². The van der Waals surface area contributed by atoms with Gasteiger partial charge in [0.05, 0.1) is 39.3 Å². The fourth-order valence-corrected chi connectivity index (χ4v) is 9.36. The molecule has 56 heavy (non-hydrogen) atoms. The van der Waals surface area contributed by atoms with Gasteiger partial charge in [-0.2, -0.15) is 0 Å². The minimum atomic E-state index is -1.40. The van der Waals surface area contributed by atoms with E-state index in [1.54, 1.807) is 47.7 Å². The van der Waals surface area contributed by atoms with Crippen LogP contribution in [0.15, 0.2) is 36.5 Å². The van der Waals surface area contributed by atoms with Crippen LogP contribution in [0.5, 0.6) is 0 Å². The lowest BCUT2D eigenvalue weighted by Crippen LogP contribution is -2.60. The van der Waals surface area contributed by atoms with E-state index in [0.29, 0.717) is 6.42 Å². The van der Waals surface area contributed by atoms with E-state index in [-0.39, 0.29) is 37.4 Å². The highest BCUT2D eigenvalue weighted by Crippen LogP contribution is 2.40. The number of ether oxygens (including phenoxy) is 5. The van der Waals surface area contributed by atoms with E-state index >= 15 is 0 Å². The van der Waals surface area contributed by atoms with Crippen molar-refractivity contribution in [3.05, 3.63) is 41.4 Å². The molecule has 306 valence electrons. The van der Waals surface area contributed by atoms with Crippen LogP contribution in [0.4, 0.5) is 4.79 Å². The second-order valence-electron chi connectivity index (χ2n) is 16.1. The number of fused-ring (bicyclic) bond motifs is 1. The number of aromatic nitrogens is 1. The van der Waals surface area contributed by atoms with Crippen molar-refractivity contribution in [3.63, 3.8) is 0 Å². The molecule has 0 aromatic carbocycles. The summed E-state index contributed by atoms with van der Waals surface area (Å²) in [4.78, 5) is 63.5. The van der Waals surface area contributed by atoms with Crippen LogP contribution in [0.1, 0.15) is 79.5 Å². The minimum absolute atomic E-state index is 0.0622. The van der Waals surface area contributed by atoms with Gasteiger partial charge < -0.3 is 39.0 Å². The predicted octanol–water partition coefficient (Wildman–Crippen LogP) is 5.02. The van der Waals surface area contributed by atoms with E-state index in [1.807, 2.05) is 56.3 Å². The van der Waals surface area contributed by atoms with E-state index in [1.165, 1.54) is 18.3 Å². The first-order valence-corrected chi connectivity index (χ1v) is 20.3. The molecule has 14 heteroatoms. The van der Waals surface area contributed by atoms with Crippen LogP contribution in [0, 0.1) is 35.5 Å². The fraction of sp³-hybridized carbons (Fsp3) is 0.643. The predicted molar refractivity (Wildman–Crippen MR) is 209 cm³/mol. The van der Waals surface area contributed by atoms with Crippen molar-refractivity contribution >= 4 is 35.0 Å². The summed E-state index contributed by atoms with van der Waals surface area (Å²) < 4.78 is 31.3. The van der Waals surface area contributed by atoms with Gasteiger partial charge in [-0.25, -0.2) is 4.79 Å². The maximum absolute atomic E-state index is 14.4. The molecule has 5 rings (SSSR count). The molecule has 2 N–H and O–H groups in total. The van der Waals surface area contributed by atoms with Crippen molar-refractivity contribution in [2.75, 3.05) is 20.7 Å². The fourth-order valence-electron chi connectivity index (χ4n) is 8.50. The molecular weight excluding hydrogens is 739 g/mol. The SMILES string of the molecule is CC[C@@H]1OC(=O)[C@H](C)C(=O)[C@H](C)[C@@H](O[C@@H]2O[C@H](C)C[C@H](N(C)C)[C@H]2O)C(C)(OCC#Cc2ccc(-c3ccccn3)s2)C[C@@H](C)C(=O)[C@@H](C)[C@H]2NC(=O)O[C@]12C. The van der Waals surface area contributed by atoms with Crippen LogP contribution in [-0.4, -0.2) is 113 Å². The topological polar surface area (TPSA) is 163 Å². The number of nitrogens with zero attached hydrogens (tertiary/aromatic N) is 2. The Balaban J connectivity index is 1.55. The number of Topliss-reactive ketones (excluding diaryl/α,β-unsaturated/α-hetero) is 2. The van der Waals surface area contributed by atoms with E-state index in [9.17, 15) is 24.3 Å². The maximum Gasteiger partial charge on any atom is 0.408 e. The molecule has 1 unspecified atom stereocenters. The molecule has 5 heterocycles. The average molecular weight is 796 g/mol. The molecule has 2 aromatic heterocycles. The summed E-state index contributed by atoms with van der Waals surface area (Å²) in [6, 6.07) is 8.42. The molecule has 1 amide bonds. The van der Waals surface area contributed by atoms with Crippen molar-refractivity contribution in [3.8, 4) is 22.4 Å².